The van der Waals surface area contributed by atoms with Crippen LogP contribution >= 0.6 is 56.7 Å². The van der Waals surface area contributed by atoms with E-state index in [9.17, 15) is 5.11 Å². The Morgan fingerprint density at radius 2 is 0.681 bits per heavy atom. The van der Waals surface area contributed by atoms with Gasteiger partial charge in [0.05, 0.1) is 151 Å². The molecule has 15 aromatic heterocycles. The fourth-order valence-corrected chi connectivity index (χ4v) is 20.9. The molecule has 0 radical (unpaired) electrons. The summed E-state index contributed by atoms with van der Waals surface area (Å²) in [7, 11) is 0. The van der Waals surface area contributed by atoms with E-state index in [4.69, 9.17) is 33.4 Å². The van der Waals surface area contributed by atoms with Crippen molar-refractivity contribution >= 4 is 171 Å². The molecule has 16 aromatic rings. The van der Waals surface area contributed by atoms with Crippen molar-refractivity contribution in [3.8, 4) is 52.9 Å². The van der Waals surface area contributed by atoms with Crippen molar-refractivity contribution < 1.29 is 9.84 Å². The summed E-state index contributed by atoms with van der Waals surface area (Å²) in [5.74, 6) is 2.81. The number of nitrogen functional groups attached to an aromatic ring is 5. The summed E-state index contributed by atoms with van der Waals surface area (Å²) in [6, 6.07) is 40.8. The molecule has 29 nitrogen and oxygen atoms in total. The zero-order chi connectivity index (χ0) is 79.6. The number of nitrogens with two attached hydrogens (primary N) is 5. The van der Waals surface area contributed by atoms with E-state index in [1.165, 1.54) is 49.7 Å². The molecule has 0 saturated carbocycles. The number of aliphatic hydroxyl groups excluding tert-OH is 1. The van der Waals surface area contributed by atoms with Crippen molar-refractivity contribution in [2.45, 2.75) is 65.1 Å². The largest absolute Gasteiger partial charge is 0.393 e. The predicted molar refractivity (Wildman–Crippen MR) is 479 cm³/mol. The lowest BCUT2D eigenvalue weighted by Gasteiger charge is -2.39. The first-order chi connectivity index (χ1) is 56.3. The molecular weight excluding hydrogens is 1560 g/mol. The molecule has 20 heterocycles. The van der Waals surface area contributed by atoms with Gasteiger partial charge in [0.25, 0.3) is 0 Å². The van der Waals surface area contributed by atoms with Crippen LogP contribution < -0.4 is 63.4 Å². The number of benzene rings is 1. The molecule has 21 rings (SSSR count). The van der Waals surface area contributed by atoms with Crippen LogP contribution in [0, 0.1) is 5.41 Å². The number of nitrogens with zero attached hydrogens (tertiary/aromatic N) is 16. The number of hydrogen-bond acceptors (Lipinski definition) is 29. The average Bonchev–Trinajstić information content (AvgIpc) is 1.63. The highest BCUT2D eigenvalue weighted by atomic mass is 32.1. The van der Waals surface area contributed by atoms with E-state index < -0.39 is 0 Å². The highest BCUT2D eigenvalue weighted by Crippen LogP contribution is 2.46. The Labute approximate surface area is 689 Å². The zero-order valence-corrected chi connectivity index (χ0v) is 69.0. The quantitative estimate of drug-likeness (QED) is 0.0572. The molecule has 0 spiro atoms. The number of hydrogen-bond donors (Lipinski definition) is 12. The maximum Gasteiger partial charge on any atom is 0.126 e. The second kappa shape index (κ2) is 33.4. The molecule has 0 unspecified atom stereocenters. The van der Waals surface area contributed by atoms with Crippen molar-refractivity contribution in [3.05, 3.63) is 152 Å². The number of ether oxygens (including phenoxy) is 1. The number of piperidine rings is 2. The van der Waals surface area contributed by atoms with E-state index in [-0.39, 0.29) is 11.7 Å². The van der Waals surface area contributed by atoms with Gasteiger partial charge >= 0.3 is 0 Å². The second-order valence-corrected chi connectivity index (χ2v) is 36.0. The molecular formula is C82H93N27O2S5. The van der Waals surface area contributed by atoms with E-state index in [2.05, 4.69) is 193 Å². The Kier molecular flexibility index (Phi) is 22.2. The number of aliphatic hydroxyl groups is 1. The van der Waals surface area contributed by atoms with Crippen LogP contribution in [0.1, 0.15) is 53.4 Å². The molecule has 34 heteroatoms. The first-order valence-corrected chi connectivity index (χ1v) is 43.0. The lowest BCUT2D eigenvalue weighted by atomic mass is 9.82. The zero-order valence-electron chi connectivity index (χ0n) is 64.9. The van der Waals surface area contributed by atoms with Crippen LogP contribution in [0.25, 0.3) is 104 Å². The number of thiophene rings is 5. The van der Waals surface area contributed by atoms with Crippen molar-refractivity contribution in [2.75, 3.05) is 156 Å². The number of piperazine rings is 2. The van der Waals surface area contributed by atoms with Crippen molar-refractivity contribution in [1.29, 1.82) is 0 Å². The summed E-state index contributed by atoms with van der Waals surface area (Å²) in [6.45, 7) is 23.1. The van der Waals surface area contributed by atoms with E-state index >= 15 is 0 Å². The number of H-pyrrole nitrogens is 5. The minimum atomic E-state index is -0.185. The van der Waals surface area contributed by atoms with E-state index in [1.54, 1.807) is 87.7 Å². The number of anilines is 11. The van der Waals surface area contributed by atoms with Crippen LogP contribution in [0.5, 0.6) is 0 Å². The smallest absolute Gasteiger partial charge is 0.126 e. The number of aromatic nitrogens is 15. The topological polar surface area (TPSA) is 399 Å². The van der Waals surface area contributed by atoms with Gasteiger partial charge in [0.2, 0.25) is 0 Å². The number of pyridine rings is 5. The number of rotatable bonds is 11. The van der Waals surface area contributed by atoms with Crippen molar-refractivity contribution in [3.63, 3.8) is 0 Å². The Hall–Kier alpha value is -11.5. The van der Waals surface area contributed by atoms with Crippen LogP contribution in [0.15, 0.2) is 152 Å². The number of morpholine rings is 1. The monoisotopic (exact) mass is 1650 g/mol. The maximum absolute atomic E-state index is 9.70. The third kappa shape index (κ3) is 17.2. The second-order valence-electron chi connectivity index (χ2n) is 30.8. The normalized spacial score (nSPS) is 16.5. The summed E-state index contributed by atoms with van der Waals surface area (Å²) >= 11 is 8.63. The van der Waals surface area contributed by atoms with Crippen molar-refractivity contribution in [1.82, 2.24) is 81.2 Å². The van der Waals surface area contributed by atoms with Gasteiger partial charge in [-0.1, -0.05) is 32.0 Å². The molecule has 17 N–H and O–H groups in total. The Morgan fingerprint density at radius 3 is 1.01 bits per heavy atom. The molecule has 5 aliphatic heterocycles. The third-order valence-corrected chi connectivity index (χ3v) is 27.4. The van der Waals surface area contributed by atoms with Crippen LogP contribution in [-0.2, 0) is 4.74 Å². The lowest BCUT2D eigenvalue weighted by Crippen LogP contribution is -2.48. The van der Waals surface area contributed by atoms with Gasteiger partial charge in [-0.15, -0.1) is 56.7 Å². The van der Waals surface area contributed by atoms with Gasteiger partial charge in [0, 0.05) is 159 Å². The third-order valence-electron chi connectivity index (χ3n) is 21.5. The summed E-state index contributed by atoms with van der Waals surface area (Å²) in [4.78, 5) is 42.4. The van der Waals surface area contributed by atoms with Crippen molar-refractivity contribution in [2.24, 2.45) is 5.41 Å². The summed E-state index contributed by atoms with van der Waals surface area (Å²) in [5, 5.41) is 48.3. The first-order valence-electron chi connectivity index (χ1n) is 38.9. The number of aromatic amines is 5. The van der Waals surface area contributed by atoms with Gasteiger partial charge in [-0.25, -0.2) is 24.9 Å². The number of fused-ring (bicyclic) bond motifs is 5. The van der Waals surface area contributed by atoms with Gasteiger partial charge < -0.3 is 73.2 Å². The predicted octanol–water partition coefficient (Wildman–Crippen LogP) is 14.3. The van der Waals surface area contributed by atoms with Crippen LogP contribution in [0.3, 0.4) is 0 Å². The standard InChI is InChI=1S/C20H20N6S.C17H21N5S.C16H19N5OS.C15H17N5OS.C14H16N6S/c21-19-13-17(20-16(23-19)12-18(27-20)15-6-7-22-24-15)26-10-8-25(9-11-26)14-4-2-1-3-5-14;1-17(2)4-7-22(8-5-17)13-10-15(18)20-12-9-14(23-16(12)13)11-3-6-19-21-11;1-16(2)9-21(5-6-22-16)12-8-14(17)19-11-7-13(23-15(11)12)10-3-4-18-20-10;16-14-8-12(20-5-2-9(21)3-6-20)15-11(18-14)7-13(22-15)10-1-4-17-19-10;15-13-8-11(20-5-3-16-4-6-20)14-10(18-13)7-12(21-14)9-1-2-17-19-9/h1-7,12-13H,8-11H2,(H2,21,23)(H,22,24);3,6,9-10H,4-5,7-8H2,1-2H3,(H2,18,20)(H,19,21);3-4,7-8H,5-6,9H2,1-2H3,(H2,17,19)(H,18,20);1,4,7-9,21H,2-3,5-6H2,(H2,16,18)(H,17,19);1-2,7-8,16H,3-6H2,(H2,15,18)(H,17,19). The number of para-hydroxylation sites is 1. The van der Waals surface area contributed by atoms with Gasteiger partial charge in [0.1, 0.15) is 29.1 Å². The van der Waals surface area contributed by atoms with Gasteiger partial charge in [-0.05, 0) is 118 Å². The molecule has 5 saturated heterocycles. The number of nitrogens with one attached hydrogen (secondary N) is 6. The molecule has 598 valence electrons. The minimum absolute atomic E-state index is 0.161. The summed E-state index contributed by atoms with van der Waals surface area (Å²) in [5.41, 5.74) is 47.4. The van der Waals surface area contributed by atoms with Crippen LogP contribution in [0.4, 0.5) is 63.2 Å². The molecule has 0 amide bonds. The summed E-state index contributed by atoms with van der Waals surface area (Å²) < 4.78 is 11.7. The first kappa shape index (κ1) is 77.1. The van der Waals surface area contributed by atoms with Crippen LogP contribution in [0.2, 0.25) is 0 Å². The molecule has 116 heavy (non-hydrogen) atoms. The van der Waals surface area contributed by atoms with Gasteiger partial charge in [0.15, 0.2) is 0 Å². The van der Waals surface area contributed by atoms with Gasteiger partial charge in [-0.2, -0.15) is 25.5 Å². The van der Waals surface area contributed by atoms with Gasteiger partial charge in [-0.3, -0.25) is 25.5 Å². The Morgan fingerprint density at radius 1 is 0.371 bits per heavy atom. The fraction of sp³-hybridized carbons (Fsp3) is 0.317. The highest BCUT2D eigenvalue weighted by Gasteiger charge is 2.32. The Balaban J connectivity index is 0.000000105. The maximum atomic E-state index is 9.70. The van der Waals surface area contributed by atoms with E-state index in [0.29, 0.717) is 34.5 Å². The lowest BCUT2D eigenvalue weighted by molar-refractivity contribution is -0.0276. The Bertz CT molecular complexity index is 5950. The van der Waals surface area contributed by atoms with Crippen LogP contribution in [-0.4, -0.2) is 191 Å². The van der Waals surface area contributed by atoms with E-state index in [0.717, 1.165) is 212 Å². The summed E-state index contributed by atoms with van der Waals surface area (Å²) in [6.07, 6.45) is 12.6. The van der Waals surface area contributed by atoms with E-state index in [1.807, 2.05) is 66.7 Å². The molecule has 5 aliphatic rings. The molecule has 0 atom stereocenters. The molecule has 0 aliphatic carbocycles. The highest BCUT2D eigenvalue weighted by molar-refractivity contribution is 7.24. The minimum Gasteiger partial charge on any atom is -0.393 e. The molecule has 5 fully saturated rings. The molecule has 1 aromatic carbocycles. The fourth-order valence-electron chi connectivity index (χ4n) is 15.4. The average molecular weight is 1650 g/mol. The SMILES string of the molecule is CC1(C)CCN(c2cc(N)nc3cc(-c4ccn[nH]4)sc23)CC1.CC1(C)CN(c2cc(N)nc3cc(-c4ccn[nH]4)sc23)CCO1.Nc1cc(N2CCC(O)CC2)c2sc(-c3ccn[nH]3)cc2n1.Nc1cc(N2CCN(c3ccccc3)CC2)c2sc(-c3ccn[nH]3)cc2n1.Nc1cc(N2CCNCC2)c2sc(-c3ccn[nH]3)cc2n1. The molecule has 0 bridgehead atoms.